The monoisotopic (exact) mass is 418 g/mol. The number of aromatic nitrogens is 1. The van der Waals surface area contributed by atoms with Gasteiger partial charge in [-0.1, -0.05) is 30.3 Å². The van der Waals surface area contributed by atoms with Gasteiger partial charge in [-0.15, -0.1) is 11.8 Å². The molecule has 1 heterocycles. The molecule has 1 aromatic heterocycles. The summed E-state index contributed by atoms with van der Waals surface area (Å²) in [5.74, 6) is -0.315. The van der Waals surface area contributed by atoms with Gasteiger partial charge in [0.15, 0.2) is 0 Å². The molecule has 0 radical (unpaired) electrons. The van der Waals surface area contributed by atoms with Crippen molar-refractivity contribution in [2.24, 2.45) is 0 Å². The molecule has 3 aromatic rings. The van der Waals surface area contributed by atoms with E-state index in [0.717, 1.165) is 16.5 Å². The van der Waals surface area contributed by atoms with E-state index in [1.54, 1.807) is 37.7 Å². The van der Waals surface area contributed by atoms with Crippen LogP contribution in [0.5, 0.6) is 0 Å². The number of nitrogens with zero attached hydrogens (tertiary/aromatic N) is 1. The first kappa shape index (κ1) is 21.0. The predicted molar refractivity (Wildman–Crippen MR) is 110 cm³/mol. The Kier molecular flexibility index (Phi) is 6.07. The normalized spacial score (nSPS) is 11.5. The maximum absolute atomic E-state index is 13.4. The van der Waals surface area contributed by atoms with Crippen LogP contribution in [0.25, 0.3) is 5.69 Å². The first-order chi connectivity index (χ1) is 13.7. The van der Waals surface area contributed by atoms with E-state index in [2.05, 4.69) is 5.32 Å². The molecular formula is C22H21F3N2OS. The Morgan fingerprint density at radius 1 is 1.07 bits per heavy atom. The summed E-state index contributed by atoms with van der Waals surface area (Å²) in [6, 6.07) is 14.8. The molecule has 3 rings (SSSR count). The average molecular weight is 418 g/mol. The largest absolute Gasteiger partial charge is 0.418 e. The zero-order chi connectivity index (χ0) is 21.2. The average Bonchev–Trinajstić information content (AvgIpc) is 2.99. The molecule has 0 saturated carbocycles. The molecular weight excluding hydrogens is 397 g/mol. The summed E-state index contributed by atoms with van der Waals surface area (Å²) in [7, 11) is 0. The van der Waals surface area contributed by atoms with E-state index < -0.39 is 11.7 Å². The molecule has 0 atom stereocenters. The summed E-state index contributed by atoms with van der Waals surface area (Å²) in [4.78, 5) is 13.8. The van der Waals surface area contributed by atoms with E-state index in [0.29, 0.717) is 23.5 Å². The minimum atomic E-state index is -4.48. The van der Waals surface area contributed by atoms with Gasteiger partial charge in [-0.3, -0.25) is 4.79 Å². The third-order valence-corrected chi connectivity index (χ3v) is 5.60. The standard InChI is InChI=1S/C22H21F3N2OS/c1-14-12-17(21(28)26-13-16-8-4-7-11-20(16)29-3)15(2)27(14)19-10-6-5-9-18(19)22(23,24)25/h4-12H,13H2,1-3H3,(H,26,28). The second kappa shape index (κ2) is 8.37. The van der Waals surface area contributed by atoms with Gasteiger partial charge in [0.05, 0.1) is 16.8 Å². The number of benzene rings is 2. The number of carbonyl (C=O) groups is 1. The van der Waals surface area contributed by atoms with Crippen LogP contribution >= 0.6 is 11.8 Å². The van der Waals surface area contributed by atoms with Crippen molar-refractivity contribution in [2.75, 3.05) is 6.26 Å². The molecule has 152 valence electrons. The minimum absolute atomic E-state index is 0.0155. The van der Waals surface area contributed by atoms with Gasteiger partial charge in [-0.25, -0.2) is 0 Å². The minimum Gasteiger partial charge on any atom is -0.348 e. The highest BCUT2D eigenvalue weighted by atomic mass is 32.2. The summed E-state index contributed by atoms with van der Waals surface area (Å²) in [6.07, 6.45) is -2.52. The SMILES string of the molecule is CSc1ccccc1CNC(=O)c1cc(C)n(-c2ccccc2C(F)(F)F)c1C. The van der Waals surface area contributed by atoms with Gasteiger partial charge >= 0.3 is 6.18 Å². The molecule has 0 aliphatic rings. The molecule has 0 spiro atoms. The zero-order valence-electron chi connectivity index (χ0n) is 16.3. The van der Waals surface area contributed by atoms with Gasteiger partial charge in [0.2, 0.25) is 0 Å². The van der Waals surface area contributed by atoms with Crippen LogP contribution in [0.2, 0.25) is 0 Å². The van der Waals surface area contributed by atoms with E-state index in [9.17, 15) is 18.0 Å². The summed E-state index contributed by atoms with van der Waals surface area (Å²) >= 11 is 1.59. The van der Waals surface area contributed by atoms with Crippen molar-refractivity contribution in [3.63, 3.8) is 0 Å². The van der Waals surface area contributed by atoms with Crippen molar-refractivity contribution in [3.8, 4) is 5.69 Å². The molecule has 0 aliphatic heterocycles. The number of hydrogen-bond donors (Lipinski definition) is 1. The van der Waals surface area contributed by atoms with Crippen LogP contribution in [0.1, 0.15) is 32.9 Å². The Bertz CT molecular complexity index is 1040. The van der Waals surface area contributed by atoms with Crippen LogP contribution in [0.15, 0.2) is 59.5 Å². The molecule has 0 bridgehead atoms. The quantitative estimate of drug-likeness (QED) is 0.534. The van der Waals surface area contributed by atoms with E-state index in [1.165, 1.54) is 16.7 Å². The topological polar surface area (TPSA) is 34.0 Å². The fraction of sp³-hybridized carbons (Fsp3) is 0.227. The molecule has 0 fully saturated rings. The molecule has 0 saturated heterocycles. The first-order valence-electron chi connectivity index (χ1n) is 8.99. The maximum Gasteiger partial charge on any atom is 0.418 e. The van der Waals surface area contributed by atoms with E-state index in [4.69, 9.17) is 0 Å². The van der Waals surface area contributed by atoms with E-state index in [1.807, 2.05) is 30.5 Å². The Morgan fingerprint density at radius 2 is 1.72 bits per heavy atom. The van der Waals surface area contributed by atoms with Crippen LogP contribution in [-0.4, -0.2) is 16.7 Å². The van der Waals surface area contributed by atoms with Gasteiger partial charge in [0, 0.05) is 22.8 Å². The van der Waals surface area contributed by atoms with Crippen LogP contribution in [-0.2, 0) is 12.7 Å². The van der Waals surface area contributed by atoms with Crippen LogP contribution in [0, 0.1) is 13.8 Å². The zero-order valence-corrected chi connectivity index (χ0v) is 17.1. The summed E-state index contributed by atoms with van der Waals surface area (Å²) < 4.78 is 41.8. The van der Waals surface area contributed by atoms with Crippen molar-refractivity contribution in [1.82, 2.24) is 9.88 Å². The number of carbonyl (C=O) groups excluding carboxylic acids is 1. The second-order valence-corrected chi connectivity index (χ2v) is 7.48. The molecule has 0 aliphatic carbocycles. The Hall–Kier alpha value is -2.67. The lowest BCUT2D eigenvalue weighted by Gasteiger charge is -2.17. The van der Waals surface area contributed by atoms with Gasteiger partial charge in [-0.2, -0.15) is 13.2 Å². The number of thioether (sulfide) groups is 1. The smallest absolute Gasteiger partial charge is 0.348 e. The molecule has 1 N–H and O–H groups in total. The van der Waals surface area contributed by atoms with Gasteiger partial charge in [0.25, 0.3) is 5.91 Å². The van der Waals surface area contributed by atoms with Crippen molar-refractivity contribution >= 4 is 17.7 Å². The molecule has 29 heavy (non-hydrogen) atoms. The summed E-state index contributed by atoms with van der Waals surface area (Å²) in [6.45, 7) is 3.70. The number of halogens is 3. The van der Waals surface area contributed by atoms with Crippen molar-refractivity contribution in [1.29, 1.82) is 0 Å². The van der Waals surface area contributed by atoms with Crippen molar-refractivity contribution in [2.45, 2.75) is 31.5 Å². The highest BCUT2D eigenvalue weighted by Crippen LogP contribution is 2.35. The third kappa shape index (κ3) is 4.34. The first-order valence-corrected chi connectivity index (χ1v) is 10.2. The van der Waals surface area contributed by atoms with Gasteiger partial charge < -0.3 is 9.88 Å². The molecule has 2 aromatic carbocycles. The number of nitrogens with one attached hydrogen (secondary N) is 1. The van der Waals surface area contributed by atoms with Crippen molar-refractivity contribution < 1.29 is 18.0 Å². The number of alkyl halides is 3. The van der Waals surface area contributed by atoms with Crippen LogP contribution in [0.3, 0.4) is 0 Å². The maximum atomic E-state index is 13.4. The lowest BCUT2D eigenvalue weighted by Crippen LogP contribution is -2.23. The summed E-state index contributed by atoms with van der Waals surface area (Å²) in [5.41, 5.74) is 1.67. The Morgan fingerprint density at radius 3 is 2.41 bits per heavy atom. The van der Waals surface area contributed by atoms with Crippen LogP contribution < -0.4 is 5.32 Å². The predicted octanol–water partition coefficient (Wildman–Crippen LogP) is 5.76. The molecule has 1 amide bonds. The highest BCUT2D eigenvalue weighted by molar-refractivity contribution is 7.98. The number of aryl methyl sites for hydroxylation is 1. The van der Waals surface area contributed by atoms with E-state index >= 15 is 0 Å². The lowest BCUT2D eigenvalue weighted by atomic mass is 10.1. The molecule has 3 nitrogen and oxygen atoms in total. The fourth-order valence-corrected chi connectivity index (χ4v) is 4.01. The highest BCUT2D eigenvalue weighted by Gasteiger charge is 2.34. The van der Waals surface area contributed by atoms with Crippen LogP contribution in [0.4, 0.5) is 13.2 Å². The number of rotatable bonds is 5. The Balaban J connectivity index is 1.92. The van der Waals surface area contributed by atoms with Gasteiger partial charge in [0.1, 0.15) is 0 Å². The van der Waals surface area contributed by atoms with Crippen molar-refractivity contribution in [3.05, 3.63) is 82.7 Å². The lowest BCUT2D eigenvalue weighted by molar-refractivity contribution is -0.137. The fourth-order valence-electron chi connectivity index (χ4n) is 3.39. The second-order valence-electron chi connectivity index (χ2n) is 6.63. The molecule has 7 heteroatoms. The van der Waals surface area contributed by atoms with Gasteiger partial charge in [-0.05, 0) is 49.9 Å². The van der Waals surface area contributed by atoms with E-state index in [-0.39, 0.29) is 11.6 Å². The summed E-state index contributed by atoms with van der Waals surface area (Å²) in [5, 5.41) is 2.88. The third-order valence-electron chi connectivity index (χ3n) is 4.76. The Labute approximate surface area is 171 Å². The number of hydrogen-bond acceptors (Lipinski definition) is 2. The number of amides is 1. The number of para-hydroxylation sites is 1. The molecule has 0 unspecified atom stereocenters.